The first-order valence-electron chi connectivity index (χ1n) is 8.78. The molecular weight excluding hydrogens is 411 g/mol. The smallest absolute Gasteiger partial charge is 0.277 e. The fourth-order valence-corrected chi connectivity index (χ4v) is 2.78. The molecule has 0 heterocycles. The maximum atomic E-state index is 11.9. The van der Waals surface area contributed by atoms with Gasteiger partial charge in [0, 0.05) is 16.1 Å². The maximum Gasteiger partial charge on any atom is 0.277 e. The summed E-state index contributed by atoms with van der Waals surface area (Å²) in [6.07, 6.45) is 1.51. The van der Waals surface area contributed by atoms with Crippen LogP contribution >= 0.6 is 23.2 Å². The third kappa shape index (κ3) is 6.24. The first-order chi connectivity index (χ1) is 14.1. The van der Waals surface area contributed by atoms with Crippen molar-refractivity contribution >= 4 is 35.3 Å². The average Bonchev–Trinajstić information content (AvgIpc) is 2.73. The molecule has 3 aromatic rings. The van der Waals surface area contributed by atoms with Crippen LogP contribution in [-0.4, -0.2) is 18.7 Å². The van der Waals surface area contributed by atoms with Crippen LogP contribution < -0.4 is 14.9 Å². The highest BCUT2D eigenvalue weighted by molar-refractivity contribution is 6.32. The monoisotopic (exact) mass is 428 g/mol. The van der Waals surface area contributed by atoms with E-state index in [-0.39, 0.29) is 6.61 Å². The number of nitrogens with one attached hydrogen (secondary N) is 1. The van der Waals surface area contributed by atoms with Crippen molar-refractivity contribution in [3.05, 3.63) is 94.0 Å². The van der Waals surface area contributed by atoms with Gasteiger partial charge in [0.15, 0.2) is 6.61 Å². The van der Waals surface area contributed by atoms with Crippen molar-refractivity contribution in [3.8, 4) is 11.5 Å². The second-order valence-corrected chi connectivity index (χ2v) is 6.74. The summed E-state index contributed by atoms with van der Waals surface area (Å²) >= 11 is 12.1. The molecule has 0 saturated heterocycles. The molecule has 7 heteroatoms. The van der Waals surface area contributed by atoms with E-state index in [1.807, 2.05) is 48.5 Å². The molecule has 3 rings (SSSR count). The zero-order chi connectivity index (χ0) is 20.5. The summed E-state index contributed by atoms with van der Waals surface area (Å²) in [7, 11) is 0. The van der Waals surface area contributed by atoms with E-state index in [1.165, 1.54) is 6.21 Å². The van der Waals surface area contributed by atoms with Crippen LogP contribution in [0.4, 0.5) is 0 Å². The highest BCUT2D eigenvalue weighted by atomic mass is 35.5. The Hall–Kier alpha value is -3.02. The van der Waals surface area contributed by atoms with Crippen molar-refractivity contribution in [2.24, 2.45) is 5.10 Å². The van der Waals surface area contributed by atoms with Gasteiger partial charge in [0.25, 0.3) is 5.91 Å². The van der Waals surface area contributed by atoms with Crippen LogP contribution in [0, 0.1) is 0 Å². The van der Waals surface area contributed by atoms with Crippen molar-refractivity contribution in [2.75, 3.05) is 6.61 Å². The number of carbonyl (C=O) groups excluding carboxylic acids is 1. The lowest BCUT2D eigenvalue weighted by molar-refractivity contribution is -0.123. The van der Waals surface area contributed by atoms with Crippen LogP contribution in [0.15, 0.2) is 77.9 Å². The van der Waals surface area contributed by atoms with Crippen LogP contribution in [0.1, 0.15) is 11.1 Å². The van der Waals surface area contributed by atoms with E-state index in [9.17, 15) is 4.79 Å². The molecule has 148 valence electrons. The fraction of sp³-hybridized carbons (Fsp3) is 0.0909. The van der Waals surface area contributed by atoms with E-state index in [1.54, 1.807) is 24.3 Å². The number of nitrogens with zero attached hydrogens (tertiary/aromatic N) is 1. The summed E-state index contributed by atoms with van der Waals surface area (Å²) in [5, 5.41) is 5.05. The number of carbonyl (C=O) groups is 1. The molecule has 1 N–H and O–H groups in total. The highest BCUT2D eigenvalue weighted by Crippen LogP contribution is 2.23. The lowest BCUT2D eigenvalue weighted by Crippen LogP contribution is -2.24. The van der Waals surface area contributed by atoms with Gasteiger partial charge in [-0.05, 0) is 30.3 Å². The first kappa shape index (κ1) is 20.7. The van der Waals surface area contributed by atoms with E-state index >= 15 is 0 Å². The number of hydrogen-bond acceptors (Lipinski definition) is 4. The third-order valence-electron chi connectivity index (χ3n) is 3.85. The zero-order valence-electron chi connectivity index (χ0n) is 15.3. The van der Waals surface area contributed by atoms with Gasteiger partial charge in [0.2, 0.25) is 0 Å². The SMILES string of the molecule is O=C(COc1ccccc1Cl)N/N=C/c1ccccc1OCc1ccccc1Cl. The van der Waals surface area contributed by atoms with Gasteiger partial charge in [-0.25, -0.2) is 5.43 Å². The molecular formula is C22H18Cl2N2O3. The fourth-order valence-electron chi connectivity index (χ4n) is 2.40. The van der Waals surface area contributed by atoms with E-state index in [4.69, 9.17) is 32.7 Å². The van der Waals surface area contributed by atoms with Gasteiger partial charge in [-0.3, -0.25) is 4.79 Å². The molecule has 0 aromatic heterocycles. The number of halogens is 2. The topological polar surface area (TPSA) is 59.9 Å². The molecule has 0 fully saturated rings. The number of ether oxygens (including phenoxy) is 2. The molecule has 5 nitrogen and oxygen atoms in total. The van der Waals surface area contributed by atoms with E-state index in [0.717, 1.165) is 5.56 Å². The predicted molar refractivity (Wildman–Crippen MR) is 115 cm³/mol. The molecule has 0 spiro atoms. The van der Waals surface area contributed by atoms with Crippen LogP contribution in [-0.2, 0) is 11.4 Å². The number of para-hydroxylation sites is 2. The highest BCUT2D eigenvalue weighted by Gasteiger charge is 2.06. The second kappa shape index (κ2) is 10.5. The molecule has 1 amide bonds. The molecule has 0 saturated carbocycles. The maximum absolute atomic E-state index is 11.9. The average molecular weight is 429 g/mol. The number of hydrazone groups is 1. The molecule has 3 aromatic carbocycles. The molecule has 0 aliphatic rings. The molecule has 0 atom stereocenters. The second-order valence-electron chi connectivity index (χ2n) is 5.93. The van der Waals surface area contributed by atoms with Gasteiger partial charge in [-0.1, -0.05) is 65.7 Å². The molecule has 0 aliphatic carbocycles. The Morgan fingerprint density at radius 1 is 0.862 bits per heavy atom. The van der Waals surface area contributed by atoms with Gasteiger partial charge in [-0.15, -0.1) is 0 Å². The van der Waals surface area contributed by atoms with Crippen LogP contribution in [0.25, 0.3) is 0 Å². The van der Waals surface area contributed by atoms with E-state index in [2.05, 4.69) is 10.5 Å². The van der Waals surface area contributed by atoms with Gasteiger partial charge < -0.3 is 9.47 Å². The van der Waals surface area contributed by atoms with Gasteiger partial charge in [0.05, 0.1) is 11.2 Å². The molecule has 0 radical (unpaired) electrons. The molecule has 29 heavy (non-hydrogen) atoms. The molecule has 0 unspecified atom stereocenters. The summed E-state index contributed by atoms with van der Waals surface area (Å²) in [4.78, 5) is 11.9. The minimum atomic E-state index is -0.407. The van der Waals surface area contributed by atoms with E-state index in [0.29, 0.717) is 33.7 Å². The summed E-state index contributed by atoms with van der Waals surface area (Å²) in [6.45, 7) is 0.119. The van der Waals surface area contributed by atoms with Crippen molar-refractivity contribution < 1.29 is 14.3 Å². The van der Waals surface area contributed by atoms with Crippen LogP contribution in [0.3, 0.4) is 0 Å². The normalized spacial score (nSPS) is 10.7. The van der Waals surface area contributed by atoms with E-state index < -0.39 is 5.91 Å². The number of rotatable bonds is 8. The molecule has 0 bridgehead atoms. The third-order valence-corrected chi connectivity index (χ3v) is 4.53. The Morgan fingerprint density at radius 3 is 2.28 bits per heavy atom. The lowest BCUT2D eigenvalue weighted by Gasteiger charge is -2.10. The summed E-state index contributed by atoms with van der Waals surface area (Å²) in [6, 6.07) is 21.8. The summed E-state index contributed by atoms with van der Waals surface area (Å²) in [5.74, 6) is 0.653. The Balaban J connectivity index is 1.54. The largest absolute Gasteiger partial charge is 0.488 e. The standard InChI is InChI=1S/C22H18Cl2N2O3/c23-18-9-3-1-8-17(18)14-28-20-11-5-2-7-16(20)13-25-26-22(27)15-29-21-12-6-4-10-19(21)24/h1-13H,14-15H2,(H,26,27)/b25-13+. The van der Waals surface area contributed by atoms with Gasteiger partial charge >= 0.3 is 0 Å². The number of benzene rings is 3. The van der Waals surface area contributed by atoms with Crippen molar-refractivity contribution in [3.63, 3.8) is 0 Å². The summed E-state index contributed by atoms with van der Waals surface area (Å²) in [5.41, 5.74) is 4.01. The lowest BCUT2D eigenvalue weighted by atomic mass is 10.2. The minimum absolute atomic E-state index is 0.203. The van der Waals surface area contributed by atoms with Crippen LogP contribution in [0.2, 0.25) is 10.0 Å². The Morgan fingerprint density at radius 2 is 1.52 bits per heavy atom. The minimum Gasteiger partial charge on any atom is -0.488 e. The first-order valence-corrected chi connectivity index (χ1v) is 9.53. The quantitative estimate of drug-likeness (QED) is 0.400. The zero-order valence-corrected chi connectivity index (χ0v) is 16.9. The van der Waals surface area contributed by atoms with Crippen molar-refractivity contribution in [2.45, 2.75) is 6.61 Å². The molecule has 0 aliphatic heterocycles. The van der Waals surface area contributed by atoms with Crippen LogP contribution in [0.5, 0.6) is 11.5 Å². The number of hydrogen-bond donors (Lipinski definition) is 1. The van der Waals surface area contributed by atoms with Crippen molar-refractivity contribution in [1.82, 2.24) is 5.43 Å². The summed E-state index contributed by atoms with van der Waals surface area (Å²) < 4.78 is 11.2. The van der Waals surface area contributed by atoms with Crippen molar-refractivity contribution in [1.29, 1.82) is 0 Å². The van der Waals surface area contributed by atoms with Gasteiger partial charge in [0.1, 0.15) is 18.1 Å². The predicted octanol–water partition coefficient (Wildman–Crippen LogP) is 5.10. The Bertz CT molecular complexity index is 1010. The van der Waals surface area contributed by atoms with Gasteiger partial charge in [-0.2, -0.15) is 5.10 Å². The Kier molecular flexibility index (Phi) is 7.50. The number of amides is 1. The Labute approximate surface area is 178 Å².